The van der Waals surface area contributed by atoms with Gasteiger partial charge in [-0.2, -0.15) is 5.10 Å². The Morgan fingerprint density at radius 2 is 2.07 bits per heavy atom. The number of nitrogens with zero attached hydrogens (tertiary/aromatic N) is 3. The van der Waals surface area contributed by atoms with Crippen molar-refractivity contribution in [1.82, 2.24) is 20.1 Å². The van der Waals surface area contributed by atoms with Gasteiger partial charge in [-0.05, 0) is 70.6 Å². The third kappa shape index (κ3) is 4.03. The van der Waals surface area contributed by atoms with Gasteiger partial charge in [0.1, 0.15) is 5.01 Å². The van der Waals surface area contributed by atoms with E-state index in [-0.39, 0.29) is 5.69 Å². The van der Waals surface area contributed by atoms with Crippen LogP contribution in [0.5, 0.6) is 0 Å². The number of H-pyrrole nitrogens is 1. The Kier molecular flexibility index (Phi) is 6.58. The zero-order chi connectivity index (χ0) is 21.2. The molecule has 1 saturated carbocycles. The van der Waals surface area contributed by atoms with Crippen molar-refractivity contribution in [3.63, 3.8) is 0 Å². The van der Waals surface area contributed by atoms with Gasteiger partial charge >= 0.3 is 0 Å². The fourth-order valence-corrected chi connectivity index (χ4v) is 5.39. The summed E-state index contributed by atoms with van der Waals surface area (Å²) in [5.41, 5.74) is 8.88. The smallest absolute Gasteiger partial charge is 0.269 e. The molecule has 2 aromatic heterocycles. The highest BCUT2D eigenvalue weighted by atomic mass is 32.1. The number of thiazole rings is 1. The molecule has 2 unspecified atom stereocenters. The van der Waals surface area contributed by atoms with Crippen molar-refractivity contribution in [2.24, 2.45) is 11.7 Å². The first kappa shape index (κ1) is 21.7. The van der Waals surface area contributed by atoms with Crippen molar-refractivity contribution in [1.29, 1.82) is 0 Å². The molecule has 2 atom stereocenters. The maximum absolute atomic E-state index is 11.1. The monoisotopic (exact) mass is 415 g/mol. The number of amides is 1. The van der Waals surface area contributed by atoms with Crippen LogP contribution < -0.4 is 5.73 Å². The Bertz CT molecular complexity index is 879. The largest absolute Gasteiger partial charge is 0.364 e. The number of hydrogen-bond donors (Lipinski definition) is 2. The molecule has 29 heavy (non-hydrogen) atoms. The van der Waals surface area contributed by atoms with Crippen molar-refractivity contribution in [3.05, 3.63) is 33.0 Å². The van der Waals surface area contributed by atoms with Gasteiger partial charge in [-0.25, -0.2) is 4.98 Å². The van der Waals surface area contributed by atoms with Gasteiger partial charge in [0.25, 0.3) is 5.91 Å². The zero-order valence-electron chi connectivity index (χ0n) is 18.2. The summed E-state index contributed by atoms with van der Waals surface area (Å²) < 4.78 is 0. The van der Waals surface area contributed by atoms with E-state index in [1.807, 2.05) is 46.9 Å². The molecule has 1 amide bonds. The number of aromatic amines is 1. The molecule has 2 aromatic rings. The molecule has 2 saturated heterocycles. The minimum Gasteiger partial charge on any atom is -0.364 e. The molecule has 3 N–H and O–H groups in total. The van der Waals surface area contributed by atoms with E-state index >= 15 is 0 Å². The van der Waals surface area contributed by atoms with Gasteiger partial charge in [0.2, 0.25) is 0 Å². The fraction of sp³-hybridized carbons (Fsp3) is 0.591. The molecule has 3 aliphatic rings. The Morgan fingerprint density at radius 1 is 1.31 bits per heavy atom. The van der Waals surface area contributed by atoms with Gasteiger partial charge in [-0.15, -0.1) is 11.3 Å². The average Bonchev–Trinajstić information content (AvgIpc) is 3.29. The predicted molar refractivity (Wildman–Crippen MR) is 120 cm³/mol. The Balaban J connectivity index is 0.000000179. The molecule has 158 valence electrons. The third-order valence-electron chi connectivity index (χ3n) is 6.48. The van der Waals surface area contributed by atoms with Crippen LogP contribution in [0.3, 0.4) is 0 Å². The highest BCUT2D eigenvalue weighted by Gasteiger charge is 2.59. The number of aryl methyl sites for hydroxylation is 1. The lowest BCUT2D eigenvalue weighted by atomic mass is 9.62. The molecule has 3 fully saturated rings. The second kappa shape index (κ2) is 8.79. The predicted octanol–water partition coefficient (Wildman–Crippen LogP) is 4.41. The minimum atomic E-state index is -0.522. The molecule has 6 nitrogen and oxygen atoms in total. The fourth-order valence-electron chi connectivity index (χ4n) is 4.65. The van der Waals surface area contributed by atoms with E-state index in [4.69, 9.17) is 5.73 Å². The Morgan fingerprint density at radius 3 is 2.48 bits per heavy atom. The van der Waals surface area contributed by atoms with E-state index in [2.05, 4.69) is 20.1 Å². The second-order valence-corrected chi connectivity index (χ2v) is 9.18. The van der Waals surface area contributed by atoms with E-state index in [0.29, 0.717) is 0 Å². The van der Waals surface area contributed by atoms with Crippen LogP contribution >= 0.6 is 11.3 Å². The van der Waals surface area contributed by atoms with E-state index in [9.17, 15) is 4.79 Å². The number of rotatable bonds is 3. The lowest BCUT2D eigenvalue weighted by Gasteiger charge is -2.58. The summed E-state index contributed by atoms with van der Waals surface area (Å²) >= 11 is 1.63. The summed E-state index contributed by atoms with van der Waals surface area (Å²) in [6.45, 7) is 12.6. The van der Waals surface area contributed by atoms with Gasteiger partial charge < -0.3 is 5.73 Å². The van der Waals surface area contributed by atoms with Crippen LogP contribution in [-0.2, 0) is 0 Å². The van der Waals surface area contributed by atoms with Crippen molar-refractivity contribution in [2.75, 3.05) is 13.1 Å². The maximum Gasteiger partial charge on any atom is 0.269 e. The zero-order valence-corrected chi connectivity index (χ0v) is 19.0. The van der Waals surface area contributed by atoms with E-state index in [1.54, 1.807) is 11.3 Å². The quantitative estimate of drug-likeness (QED) is 0.777. The van der Waals surface area contributed by atoms with E-state index < -0.39 is 5.91 Å². The van der Waals surface area contributed by atoms with Crippen molar-refractivity contribution in [3.8, 4) is 0 Å². The van der Waals surface area contributed by atoms with Gasteiger partial charge in [0, 0.05) is 28.7 Å². The number of hydrogen-bond acceptors (Lipinski definition) is 5. The first-order chi connectivity index (χ1) is 13.9. The summed E-state index contributed by atoms with van der Waals surface area (Å²) in [7, 11) is 0. The van der Waals surface area contributed by atoms with Gasteiger partial charge in [-0.3, -0.25) is 14.8 Å². The van der Waals surface area contributed by atoms with Gasteiger partial charge in [0.15, 0.2) is 5.69 Å². The van der Waals surface area contributed by atoms with Crippen LogP contribution in [0.2, 0.25) is 0 Å². The molecular formula is C22H33N5OS. The molecule has 5 rings (SSSR count). The number of aromatic nitrogens is 3. The molecule has 0 bridgehead atoms. The number of allylic oxidation sites excluding steroid dienone is 1. The SMILES string of the molecule is C/C(=C\c1[nH]nc(C(N)=O)c1C)c1ncc(C)s1.C1CN2CCC23CCC13.CC. The lowest BCUT2D eigenvalue weighted by molar-refractivity contribution is -0.0659. The van der Waals surface area contributed by atoms with Crippen LogP contribution in [0.25, 0.3) is 11.6 Å². The lowest BCUT2D eigenvalue weighted by Crippen LogP contribution is -2.63. The molecule has 1 spiro atoms. The summed E-state index contributed by atoms with van der Waals surface area (Å²) in [6.07, 6.45) is 9.87. The van der Waals surface area contributed by atoms with E-state index in [0.717, 1.165) is 38.2 Å². The highest BCUT2D eigenvalue weighted by Crippen LogP contribution is 2.57. The summed E-state index contributed by atoms with van der Waals surface area (Å²) in [4.78, 5) is 19.3. The number of primary amides is 1. The van der Waals surface area contributed by atoms with Crippen molar-refractivity contribution < 1.29 is 4.79 Å². The van der Waals surface area contributed by atoms with Crippen LogP contribution in [0.4, 0.5) is 0 Å². The number of carbonyl (C=O) groups excluding carboxylic acids is 1. The number of carbonyl (C=O) groups is 1. The molecule has 4 heterocycles. The summed E-state index contributed by atoms with van der Waals surface area (Å²) in [5, 5.41) is 7.68. The average molecular weight is 416 g/mol. The Hall–Kier alpha value is -1.99. The molecule has 7 heteroatoms. The summed E-state index contributed by atoms with van der Waals surface area (Å²) in [5.74, 6) is 0.609. The molecule has 0 aromatic carbocycles. The highest BCUT2D eigenvalue weighted by molar-refractivity contribution is 7.12. The molecule has 2 aliphatic heterocycles. The second-order valence-electron chi connectivity index (χ2n) is 7.94. The Labute approximate surface area is 177 Å². The minimum absolute atomic E-state index is 0.282. The van der Waals surface area contributed by atoms with Crippen LogP contribution in [0.15, 0.2) is 6.20 Å². The summed E-state index contributed by atoms with van der Waals surface area (Å²) in [6, 6.07) is 0. The van der Waals surface area contributed by atoms with Crippen molar-refractivity contribution in [2.45, 2.75) is 65.8 Å². The van der Waals surface area contributed by atoms with E-state index in [1.165, 1.54) is 38.8 Å². The van der Waals surface area contributed by atoms with Gasteiger partial charge in [0.05, 0.1) is 5.69 Å². The van der Waals surface area contributed by atoms with Crippen LogP contribution in [-0.4, -0.2) is 44.6 Å². The first-order valence-electron chi connectivity index (χ1n) is 10.6. The number of nitrogens with one attached hydrogen (secondary N) is 1. The molecule has 1 aliphatic carbocycles. The normalized spacial score (nSPS) is 24.7. The number of nitrogens with two attached hydrogens (primary N) is 1. The van der Waals surface area contributed by atoms with Crippen LogP contribution in [0, 0.1) is 19.8 Å². The van der Waals surface area contributed by atoms with Gasteiger partial charge in [-0.1, -0.05) is 13.8 Å². The third-order valence-corrected chi connectivity index (χ3v) is 7.53. The standard InChI is InChI=1S/C12H14N4OS.C8H13N.C2H6/c1-6(12-14-5-7(2)18-12)4-9-8(3)10(11(13)17)16-15-9;1-3-8-4-6-9(8)5-2-7(1)8;1-2/h4-5H,1-3H3,(H2,13,17)(H,15,16);7H,1-6H2;1-2H3/b6-4+;;. The molecule has 0 radical (unpaired) electrons. The topological polar surface area (TPSA) is 87.9 Å². The maximum atomic E-state index is 11.1. The van der Waals surface area contributed by atoms with Crippen LogP contribution in [0.1, 0.15) is 78.1 Å². The van der Waals surface area contributed by atoms with Crippen molar-refractivity contribution >= 4 is 28.9 Å². The first-order valence-corrected chi connectivity index (χ1v) is 11.4. The molecular weight excluding hydrogens is 382 g/mol.